The SMILES string of the molecule is CCCc1nccn1C(C)C. The normalized spacial score (nSPS) is 10.9. The zero-order valence-corrected chi connectivity index (χ0v) is 7.54. The van der Waals surface area contributed by atoms with Gasteiger partial charge in [-0.25, -0.2) is 4.98 Å². The minimum absolute atomic E-state index is 0.541. The maximum atomic E-state index is 4.29. The van der Waals surface area contributed by atoms with Crippen molar-refractivity contribution >= 4 is 0 Å². The molecule has 0 aliphatic rings. The topological polar surface area (TPSA) is 17.8 Å². The summed E-state index contributed by atoms with van der Waals surface area (Å²) in [4.78, 5) is 4.29. The first-order valence-electron chi connectivity index (χ1n) is 4.27. The standard InChI is InChI=1S/C9H16N2/c1-4-5-9-10-6-7-11(9)8(2)3/h6-8H,4-5H2,1-3H3. The molecule has 0 aliphatic heterocycles. The van der Waals surface area contributed by atoms with Gasteiger partial charge in [0, 0.05) is 24.9 Å². The summed E-state index contributed by atoms with van der Waals surface area (Å²) in [5, 5.41) is 0. The highest BCUT2D eigenvalue weighted by Crippen LogP contribution is 2.08. The van der Waals surface area contributed by atoms with Crippen LogP contribution in [0.1, 0.15) is 39.1 Å². The Hall–Kier alpha value is -0.790. The Morgan fingerprint density at radius 3 is 2.82 bits per heavy atom. The summed E-state index contributed by atoms with van der Waals surface area (Å²) in [5.74, 6) is 1.21. The molecule has 1 heterocycles. The zero-order valence-electron chi connectivity index (χ0n) is 7.54. The highest BCUT2D eigenvalue weighted by molar-refractivity contribution is 4.93. The Morgan fingerprint density at radius 1 is 1.55 bits per heavy atom. The highest BCUT2D eigenvalue weighted by atomic mass is 15.1. The first-order valence-corrected chi connectivity index (χ1v) is 4.27. The van der Waals surface area contributed by atoms with Gasteiger partial charge in [-0.2, -0.15) is 0 Å². The molecule has 11 heavy (non-hydrogen) atoms. The van der Waals surface area contributed by atoms with E-state index in [0.717, 1.165) is 6.42 Å². The van der Waals surface area contributed by atoms with Crippen molar-refractivity contribution < 1.29 is 0 Å². The second-order valence-corrected chi connectivity index (χ2v) is 3.09. The number of rotatable bonds is 3. The van der Waals surface area contributed by atoms with E-state index in [2.05, 4.69) is 36.5 Å². The fraction of sp³-hybridized carbons (Fsp3) is 0.667. The maximum absolute atomic E-state index is 4.29. The molecule has 62 valence electrons. The van der Waals surface area contributed by atoms with Crippen molar-refractivity contribution in [3.8, 4) is 0 Å². The van der Waals surface area contributed by atoms with Gasteiger partial charge in [0.25, 0.3) is 0 Å². The maximum Gasteiger partial charge on any atom is 0.108 e. The van der Waals surface area contributed by atoms with Crippen molar-refractivity contribution in [1.29, 1.82) is 0 Å². The van der Waals surface area contributed by atoms with Gasteiger partial charge in [-0.15, -0.1) is 0 Å². The average Bonchev–Trinajstić information content (AvgIpc) is 2.36. The van der Waals surface area contributed by atoms with E-state index in [1.165, 1.54) is 12.2 Å². The number of nitrogens with zero attached hydrogens (tertiary/aromatic N) is 2. The fourth-order valence-electron chi connectivity index (χ4n) is 1.23. The lowest BCUT2D eigenvalue weighted by atomic mass is 10.3. The highest BCUT2D eigenvalue weighted by Gasteiger charge is 2.03. The van der Waals surface area contributed by atoms with Crippen LogP contribution in [0.2, 0.25) is 0 Å². The number of aryl methyl sites for hydroxylation is 1. The molecular formula is C9H16N2. The molecule has 0 bridgehead atoms. The molecule has 0 aliphatic carbocycles. The number of hydrogen-bond donors (Lipinski definition) is 0. The van der Waals surface area contributed by atoms with Crippen LogP contribution < -0.4 is 0 Å². The second kappa shape index (κ2) is 3.56. The van der Waals surface area contributed by atoms with Crippen LogP contribution >= 0.6 is 0 Å². The van der Waals surface area contributed by atoms with E-state index < -0.39 is 0 Å². The molecule has 0 saturated carbocycles. The van der Waals surface area contributed by atoms with E-state index in [4.69, 9.17) is 0 Å². The van der Waals surface area contributed by atoms with Crippen molar-refractivity contribution in [2.24, 2.45) is 0 Å². The Kier molecular flexibility index (Phi) is 2.69. The van der Waals surface area contributed by atoms with Gasteiger partial charge in [-0.05, 0) is 20.3 Å². The van der Waals surface area contributed by atoms with Crippen LogP contribution in [0.25, 0.3) is 0 Å². The largest absolute Gasteiger partial charge is 0.332 e. The van der Waals surface area contributed by atoms with Crippen molar-refractivity contribution in [2.75, 3.05) is 0 Å². The summed E-state index contributed by atoms with van der Waals surface area (Å²) in [7, 11) is 0. The van der Waals surface area contributed by atoms with Gasteiger partial charge in [0.1, 0.15) is 5.82 Å². The molecule has 1 aromatic heterocycles. The van der Waals surface area contributed by atoms with E-state index in [9.17, 15) is 0 Å². The molecular weight excluding hydrogens is 136 g/mol. The van der Waals surface area contributed by atoms with Crippen LogP contribution in [0, 0.1) is 0 Å². The summed E-state index contributed by atoms with van der Waals surface area (Å²) in [6.07, 6.45) is 6.19. The van der Waals surface area contributed by atoms with E-state index in [-0.39, 0.29) is 0 Å². The molecule has 1 rings (SSSR count). The van der Waals surface area contributed by atoms with Crippen LogP contribution in [0.3, 0.4) is 0 Å². The van der Waals surface area contributed by atoms with Crippen molar-refractivity contribution in [2.45, 2.75) is 39.7 Å². The predicted octanol–water partition coefficient (Wildman–Crippen LogP) is 2.42. The average molecular weight is 152 g/mol. The third-order valence-electron chi connectivity index (χ3n) is 1.78. The summed E-state index contributed by atoms with van der Waals surface area (Å²) < 4.78 is 2.23. The third-order valence-corrected chi connectivity index (χ3v) is 1.78. The Morgan fingerprint density at radius 2 is 2.27 bits per heavy atom. The van der Waals surface area contributed by atoms with Crippen molar-refractivity contribution in [3.63, 3.8) is 0 Å². The van der Waals surface area contributed by atoms with Crippen molar-refractivity contribution in [3.05, 3.63) is 18.2 Å². The first-order chi connectivity index (χ1) is 5.25. The molecule has 0 aromatic carbocycles. The third kappa shape index (κ3) is 1.82. The smallest absolute Gasteiger partial charge is 0.108 e. The Labute approximate surface area is 68.3 Å². The molecule has 2 heteroatoms. The molecule has 1 aromatic rings. The Balaban J connectivity index is 2.78. The van der Waals surface area contributed by atoms with Gasteiger partial charge in [0.2, 0.25) is 0 Å². The molecule has 0 atom stereocenters. The van der Waals surface area contributed by atoms with Gasteiger partial charge in [-0.1, -0.05) is 6.92 Å². The molecule has 0 unspecified atom stereocenters. The number of aromatic nitrogens is 2. The molecule has 2 nitrogen and oxygen atoms in total. The van der Waals surface area contributed by atoms with Gasteiger partial charge in [0.15, 0.2) is 0 Å². The van der Waals surface area contributed by atoms with E-state index in [1.54, 1.807) is 0 Å². The van der Waals surface area contributed by atoms with Crippen LogP contribution in [0.5, 0.6) is 0 Å². The first kappa shape index (κ1) is 8.31. The molecule has 0 radical (unpaired) electrons. The molecule has 0 N–H and O–H groups in total. The summed E-state index contributed by atoms with van der Waals surface area (Å²) in [6, 6.07) is 0.541. The fourth-order valence-corrected chi connectivity index (χ4v) is 1.23. The summed E-state index contributed by atoms with van der Waals surface area (Å²) >= 11 is 0. The Bertz CT molecular complexity index is 213. The quantitative estimate of drug-likeness (QED) is 0.650. The molecule has 0 amide bonds. The lowest BCUT2D eigenvalue weighted by molar-refractivity contribution is 0.564. The summed E-state index contributed by atoms with van der Waals surface area (Å²) in [5.41, 5.74) is 0. The van der Waals surface area contributed by atoms with Gasteiger partial charge in [0.05, 0.1) is 0 Å². The zero-order chi connectivity index (χ0) is 8.27. The van der Waals surface area contributed by atoms with Crippen LogP contribution in [0.15, 0.2) is 12.4 Å². The monoisotopic (exact) mass is 152 g/mol. The minimum Gasteiger partial charge on any atom is -0.332 e. The van der Waals surface area contributed by atoms with E-state index in [1.807, 2.05) is 6.20 Å². The van der Waals surface area contributed by atoms with E-state index in [0.29, 0.717) is 6.04 Å². The van der Waals surface area contributed by atoms with E-state index >= 15 is 0 Å². The van der Waals surface area contributed by atoms with Crippen LogP contribution in [-0.4, -0.2) is 9.55 Å². The summed E-state index contributed by atoms with van der Waals surface area (Å²) in [6.45, 7) is 6.54. The van der Waals surface area contributed by atoms with Crippen LogP contribution in [-0.2, 0) is 6.42 Å². The van der Waals surface area contributed by atoms with Crippen molar-refractivity contribution in [1.82, 2.24) is 9.55 Å². The predicted molar refractivity (Wildman–Crippen MR) is 46.6 cm³/mol. The minimum atomic E-state index is 0.541. The van der Waals surface area contributed by atoms with Gasteiger partial charge in [-0.3, -0.25) is 0 Å². The second-order valence-electron chi connectivity index (χ2n) is 3.09. The molecule has 0 saturated heterocycles. The molecule has 0 fully saturated rings. The van der Waals surface area contributed by atoms with Crippen LogP contribution in [0.4, 0.5) is 0 Å². The molecule has 0 spiro atoms. The number of hydrogen-bond acceptors (Lipinski definition) is 1. The van der Waals surface area contributed by atoms with Gasteiger partial charge < -0.3 is 4.57 Å². The lowest BCUT2D eigenvalue weighted by Gasteiger charge is -2.09. The lowest BCUT2D eigenvalue weighted by Crippen LogP contribution is -2.04. The number of imidazole rings is 1. The van der Waals surface area contributed by atoms with Gasteiger partial charge >= 0.3 is 0 Å².